The van der Waals surface area contributed by atoms with Crippen LogP contribution in [-0.4, -0.2) is 42.2 Å². The van der Waals surface area contributed by atoms with Crippen LogP contribution < -0.4 is 14.8 Å². The van der Waals surface area contributed by atoms with Gasteiger partial charge < -0.3 is 24.5 Å². The molecule has 250 valence electrons. The molecule has 0 aliphatic heterocycles. The zero-order chi connectivity index (χ0) is 33.6. The Bertz CT molecular complexity index is 1610. The van der Waals surface area contributed by atoms with Gasteiger partial charge in [-0.05, 0) is 79.3 Å². The zero-order valence-electron chi connectivity index (χ0n) is 27.2. The second-order valence-electron chi connectivity index (χ2n) is 11.3. The van der Waals surface area contributed by atoms with Crippen LogP contribution in [0.1, 0.15) is 85.7 Å². The molecule has 3 aromatic carbocycles. The van der Waals surface area contributed by atoms with Gasteiger partial charge in [0.25, 0.3) is 0 Å². The lowest BCUT2D eigenvalue weighted by atomic mass is 9.99. The summed E-state index contributed by atoms with van der Waals surface area (Å²) in [6.07, 6.45) is 7.31. The molecule has 1 atom stereocenters. The molecule has 1 aromatic heterocycles. The summed E-state index contributed by atoms with van der Waals surface area (Å²) in [5.74, 6) is 1.35. The fraction of sp³-hybridized carbons (Fsp3) is 0.378. The third-order valence-corrected chi connectivity index (χ3v) is 8.27. The number of esters is 1. The van der Waals surface area contributed by atoms with Crippen LogP contribution in [-0.2, 0) is 22.4 Å². The van der Waals surface area contributed by atoms with Gasteiger partial charge in [0.1, 0.15) is 22.9 Å². The Balaban J connectivity index is 1.57. The van der Waals surface area contributed by atoms with Gasteiger partial charge in [0.15, 0.2) is 0 Å². The summed E-state index contributed by atoms with van der Waals surface area (Å²) in [5, 5.41) is 4.23. The smallest absolute Gasteiger partial charge is 0.341 e. The lowest BCUT2D eigenvalue weighted by Crippen LogP contribution is -2.30. The molecule has 0 saturated carbocycles. The molecule has 1 unspecified atom stereocenters. The van der Waals surface area contributed by atoms with Crippen LogP contribution in [0.15, 0.2) is 66.9 Å². The van der Waals surface area contributed by atoms with Crippen LogP contribution in [0.2, 0.25) is 10.0 Å². The number of hydrogen-bond acceptors (Lipinski definition) is 6. The molecule has 1 amide bonds. The van der Waals surface area contributed by atoms with Crippen molar-refractivity contribution in [3.8, 4) is 22.8 Å². The number of unbranched alkanes of at least 4 members (excludes halogenated alkanes) is 2. The molecule has 8 nitrogen and oxygen atoms in total. The van der Waals surface area contributed by atoms with Crippen LogP contribution in [0, 0.1) is 0 Å². The first-order valence-corrected chi connectivity index (χ1v) is 16.9. The van der Waals surface area contributed by atoms with E-state index in [9.17, 15) is 9.59 Å². The van der Waals surface area contributed by atoms with Gasteiger partial charge in [-0.1, -0.05) is 68.1 Å². The molecule has 0 aliphatic carbocycles. The van der Waals surface area contributed by atoms with Crippen molar-refractivity contribution in [2.45, 2.75) is 71.3 Å². The molecule has 4 rings (SSSR count). The number of methoxy groups -OCH3 is 1. The van der Waals surface area contributed by atoms with Crippen LogP contribution in [0.5, 0.6) is 11.5 Å². The molecule has 0 fully saturated rings. The molecule has 0 saturated heterocycles. The first-order chi connectivity index (χ1) is 22.8. The lowest BCUT2D eigenvalue weighted by molar-refractivity contribution is -0.121. The van der Waals surface area contributed by atoms with Gasteiger partial charge in [-0.3, -0.25) is 4.79 Å². The summed E-state index contributed by atoms with van der Waals surface area (Å²) in [4.78, 5) is 34.5. The Morgan fingerprint density at radius 1 is 0.936 bits per heavy atom. The van der Waals surface area contributed by atoms with Crippen LogP contribution in [0.3, 0.4) is 0 Å². The van der Waals surface area contributed by atoms with E-state index in [0.717, 1.165) is 60.2 Å². The predicted octanol–water partition coefficient (Wildman–Crippen LogP) is 8.95. The van der Waals surface area contributed by atoms with Gasteiger partial charge in [0.05, 0.1) is 43.3 Å². The molecule has 0 bridgehead atoms. The molecule has 0 aliphatic rings. The first kappa shape index (κ1) is 35.8. The van der Waals surface area contributed by atoms with Gasteiger partial charge in [-0.25, -0.2) is 9.78 Å². The van der Waals surface area contributed by atoms with Crippen molar-refractivity contribution in [2.75, 3.05) is 20.3 Å². The van der Waals surface area contributed by atoms with E-state index in [4.69, 9.17) is 37.4 Å². The summed E-state index contributed by atoms with van der Waals surface area (Å²) in [6.45, 7) is 4.93. The van der Waals surface area contributed by atoms with Gasteiger partial charge in [-0.2, -0.15) is 0 Å². The highest BCUT2D eigenvalue weighted by Crippen LogP contribution is 2.31. The summed E-state index contributed by atoms with van der Waals surface area (Å²) in [6, 6.07) is 18.1. The minimum absolute atomic E-state index is 0.105. The maximum Gasteiger partial charge on any atom is 0.341 e. The molecule has 47 heavy (non-hydrogen) atoms. The van der Waals surface area contributed by atoms with E-state index in [0.29, 0.717) is 59.7 Å². The molecule has 0 radical (unpaired) electrons. The number of rotatable bonds is 18. The fourth-order valence-electron chi connectivity index (χ4n) is 5.03. The van der Waals surface area contributed by atoms with Crippen molar-refractivity contribution in [2.24, 2.45) is 0 Å². The van der Waals surface area contributed by atoms with Crippen molar-refractivity contribution in [1.82, 2.24) is 15.3 Å². The number of H-pyrrole nitrogens is 1. The Labute approximate surface area is 287 Å². The zero-order valence-corrected chi connectivity index (χ0v) is 28.8. The number of hydrogen-bond donors (Lipinski definition) is 2. The quantitative estimate of drug-likeness (QED) is 0.0804. The predicted molar refractivity (Wildman–Crippen MR) is 187 cm³/mol. The number of aromatic amines is 1. The Morgan fingerprint density at radius 2 is 1.70 bits per heavy atom. The highest BCUT2D eigenvalue weighted by atomic mass is 35.5. The normalized spacial score (nSPS) is 11.6. The molecule has 0 spiro atoms. The number of imidazole rings is 1. The molecule has 1 heterocycles. The second kappa shape index (κ2) is 18.4. The highest BCUT2D eigenvalue weighted by Gasteiger charge is 2.22. The van der Waals surface area contributed by atoms with Gasteiger partial charge in [-0.15, -0.1) is 0 Å². The van der Waals surface area contributed by atoms with Crippen molar-refractivity contribution < 1.29 is 23.8 Å². The average molecular weight is 681 g/mol. The van der Waals surface area contributed by atoms with Gasteiger partial charge >= 0.3 is 5.97 Å². The van der Waals surface area contributed by atoms with E-state index in [1.54, 1.807) is 37.6 Å². The van der Waals surface area contributed by atoms with Gasteiger partial charge in [0, 0.05) is 23.4 Å². The minimum atomic E-state index is -0.491. The van der Waals surface area contributed by atoms with E-state index in [1.807, 2.05) is 43.3 Å². The number of nitrogens with one attached hydrogen (secondary N) is 2. The number of nitrogens with zero attached hydrogens (tertiary/aromatic N) is 1. The Kier molecular flexibility index (Phi) is 14.0. The third-order valence-electron chi connectivity index (χ3n) is 7.72. The molecular weight excluding hydrogens is 637 g/mol. The number of carbonyl (C=O) groups is 2. The largest absolute Gasteiger partial charge is 0.497 e. The monoisotopic (exact) mass is 679 g/mol. The summed E-state index contributed by atoms with van der Waals surface area (Å²) in [7, 11) is 1.64. The maximum absolute atomic E-state index is 13.3. The number of benzene rings is 3. The SMILES string of the molecule is CCCCOC(=O)c1cc(C(Cc2ncc(-c3ccc(Cl)cc3Cl)[nH]2)NC(=O)CCCc2ccc(OC)cc2)ccc1OCCCC. The topological polar surface area (TPSA) is 103 Å². The number of halogens is 2. The molecule has 4 aromatic rings. The van der Waals surface area contributed by atoms with Crippen LogP contribution in [0.25, 0.3) is 11.3 Å². The van der Waals surface area contributed by atoms with E-state index < -0.39 is 12.0 Å². The van der Waals surface area contributed by atoms with E-state index in [1.165, 1.54) is 0 Å². The van der Waals surface area contributed by atoms with Crippen LogP contribution in [0.4, 0.5) is 0 Å². The number of amides is 1. The Hall–Kier alpha value is -4.01. The molecular formula is C37H43Cl2N3O5. The molecule has 10 heteroatoms. The molecule has 2 N–H and O–H groups in total. The van der Waals surface area contributed by atoms with Gasteiger partial charge in [0.2, 0.25) is 5.91 Å². The summed E-state index contributed by atoms with van der Waals surface area (Å²) < 4.78 is 16.8. The van der Waals surface area contributed by atoms with Crippen molar-refractivity contribution >= 4 is 35.1 Å². The average Bonchev–Trinajstić information content (AvgIpc) is 3.53. The summed E-state index contributed by atoms with van der Waals surface area (Å²) in [5.41, 5.74) is 3.69. The second-order valence-corrected chi connectivity index (χ2v) is 12.2. The van der Waals surface area contributed by atoms with Crippen LogP contribution >= 0.6 is 23.2 Å². The number of aryl methyl sites for hydroxylation is 1. The van der Waals surface area contributed by atoms with E-state index in [-0.39, 0.29) is 5.91 Å². The van der Waals surface area contributed by atoms with Crippen molar-refractivity contribution in [3.05, 3.63) is 99.4 Å². The highest BCUT2D eigenvalue weighted by molar-refractivity contribution is 6.36. The van der Waals surface area contributed by atoms with Crippen molar-refractivity contribution in [1.29, 1.82) is 0 Å². The third kappa shape index (κ3) is 10.8. The lowest BCUT2D eigenvalue weighted by Gasteiger charge is -2.20. The number of ether oxygens (including phenoxy) is 3. The number of aromatic nitrogens is 2. The summed E-state index contributed by atoms with van der Waals surface area (Å²) >= 11 is 12.6. The minimum Gasteiger partial charge on any atom is -0.497 e. The first-order valence-electron chi connectivity index (χ1n) is 16.2. The van der Waals surface area contributed by atoms with E-state index in [2.05, 4.69) is 22.2 Å². The van der Waals surface area contributed by atoms with Crippen molar-refractivity contribution in [3.63, 3.8) is 0 Å². The fourth-order valence-corrected chi connectivity index (χ4v) is 5.54. The van der Waals surface area contributed by atoms with E-state index >= 15 is 0 Å². The number of carbonyl (C=O) groups excluding carboxylic acids is 2. The maximum atomic E-state index is 13.3. The standard InChI is InChI=1S/C37H43Cl2N3O5/c1-4-6-19-46-34-18-13-26(21-30(34)37(44)47-20-7-5-2)32(42-36(43)10-8-9-25-11-15-28(45-3)16-12-25)23-35-40-24-33(41-35)29-17-14-27(38)22-31(29)39/h11-18,21-22,24,32H,4-10,19-20,23H2,1-3H3,(H,40,41)(H,42,43). The Morgan fingerprint density at radius 3 is 2.43 bits per heavy atom.